The molecule has 1 heterocycles. The number of halogens is 2. The van der Waals surface area contributed by atoms with Gasteiger partial charge in [0.05, 0.1) is 4.88 Å². The van der Waals surface area contributed by atoms with Crippen LogP contribution in [0.5, 0.6) is 0 Å². The summed E-state index contributed by atoms with van der Waals surface area (Å²) in [6, 6.07) is 0. The summed E-state index contributed by atoms with van der Waals surface area (Å²) in [5.41, 5.74) is 4.96. The van der Waals surface area contributed by atoms with Crippen LogP contribution in [-0.4, -0.2) is 31.1 Å². The summed E-state index contributed by atoms with van der Waals surface area (Å²) in [6.07, 6.45) is -2.19. The Morgan fingerprint density at radius 3 is 2.67 bits per heavy atom. The van der Waals surface area contributed by atoms with Crippen molar-refractivity contribution in [3.8, 4) is 0 Å². The molecule has 2 N–H and O–H groups in total. The van der Waals surface area contributed by atoms with Crippen molar-refractivity contribution in [1.82, 2.24) is 4.98 Å². The van der Waals surface area contributed by atoms with Gasteiger partial charge in [0.1, 0.15) is 24.2 Å². The summed E-state index contributed by atoms with van der Waals surface area (Å²) < 4.78 is 15.4. The SMILES string of the molecule is COCO[C@@H](c1sc(Cl)nc1Cl)[C@H](C)OC(N)=O. The zero-order valence-corrected chi connectivity index (χ0v) is 12.0. The molecule has 0 aromatic carbocycles. The van der Waals surface area contributed by atoms with Gasteiger partial charge in [-0.2, -0.15) is 0 Å². The molecule has 9 heteroatoms. The van der Waals surface area contributed by atoms with E-state index in [0.717, 1.165) is 11.3 Å². The number of primary amides is 1. The first-order chi connectivity index (χ1) is 8.45. The summed E-state index contributed by atoms with van der Waals surface area (Å²) in [4.78, 5) is 15.2. The number of nitrogens with two attached hydrogens (primary N) is 1. The monoisotopic (exact) mass is 314 g/mol. The van der Waals surface area contributed by atoms with Gasteiger partial charge in [0.2, 0.25) is 0 Å². The average molecular weight is 315 g/mol. The zero-order chi connectivity index (χ0) is 13.7. The van der Waals surface area contributed by atoms with Gasteiger partial charge in [-0.1, -0.05) is 23.2 Å². The number of methoxy groups -OCH3 is 1. The molecule has 0 aliphatic heterocycles. The lowest BCUT2D eigenvalue weighted by Gasteiger charge is -2.22. The molecule has 1 aromatic heterocycles. The van der Waals surface area contributed by atoms with Crippen molar-refractivity contribution in [2.75, 3.05) is 13.9 Å². The minimum absolute atomic E-state index is 0.00295. The fourth-order valence-electron chi connectivity index (χ4n) is 1.27. The van der Waals surface area contributed by atoms with Crippen molar-refractivity contribution in [2.24, 2.45) is 5.73 Å². The van der Waals surface area contributed by atoms with Crippen molar-refractivity contribution < 1.29 is 19.0 Å². The van der Waals surface area contributed by atoms with Gasteiger partial charge in [0.25, 0.3) is 0 Å². The lowest BCUT2D eigenvalue weighted by atomic mass is 10.2. The third kappa shape index (κ3) is 4.25. The van der Waals surface area contributed by atoms with Crippen LogP contribution >= 0.6 is 34.5 Å². The second kappa shape index (κ2) is 7.10. The van der Waals surface area contributed by atoms with E-state index in [1.54, 1.807) is 6.92 Å². The molecule has 0 saturated carbocycles. The molecule has 1 rings (SSSR count). The highest BCUT2D eigenvalue weighted by Crippen LogP contribution is 2.36. The van der Waals surface area contributed by atoms with Gasteiger partial charge < -0.3 is 19.9 Å². The Kier molecular flexibility index (Phi) is 6.10. The van der Waals surface area contributed by atoms with E-state index in [0.29, 0.717) is 4.88 Å². The van der Waals surface area contributed by atoms with Crippen molar-refractivity contribution in [2.45, 2.75) is 19.1 Å². The number of thiazole rings is 1. The first-order valence-electron chi connectivity index (χ1n) is 4.84. The molecular weight excluding hydrogens is 303 g/mol. The van der Waals surface area contributed by atoms with Crippen LogP contribution in [0.4, 0.5) is 4.79 Å². The highest BCUT2D eigenvalue weighted by atomic mass is 35.5. The van der Waals surface area contributed by atoms with Crippen LogP contribution in [-0.2, 0) is 14.2 Å². The van der Waals surface area contributed by atoms with Gasteiger partial charge in [-0.15, -0.1) is 11.3 Å². The number of ether oxygens (including phenoxy) is 3. The topological polar surface area (TPSA) is 83.7 Å². The summed E-state index contributed by atoms with van der Waals surface area (Å²) in [7, 11) is 1.47. The summed E-state index contributed by atoms with van der Waals surface area (Å²) in [5, 5.41) is 0.200. The fraction of sp³-hybridized carbons (Fsp3) is 0.556. The van der Waals surface area contributed by atoms with E-state index in [1.165, 1.54) is 7.11 Å². The van der Waals surface area contributed by atoms with Crippen molar-refractivity contribution >= 4 is 40.6 Å². The van der Waals surface area contributed by atoms with Crippen LogP contribution in [0.15, 0.2) is 0 Å². The molecular formula is C9H12Cl2N2O4S. The minimum Gasteiger partial charge on any atom is -0.444 e. The Morgan fingerprint density at radius 1 is 1.56 bits per heavy atom. The zero-order valence-electron chi connectivity index (χ0n) is 9.68. The molecule has 0 aliphatic rings. The number of nitrogens with zero attached hydrogens (tertiary/aromatic N) is 1. The largest absolute Gasteiger partial charge is 0.444 e. The summed E-state index contributed by atoms with van der Waals surface area (Å²) >= 11 is 12.8. The molecule has 0 fully saturated rings. The van der Waals surface area contributed by atoms with Crippen LogP contribution in [0.1, 0.15) is 17.9 Å². The molecule has 0 bridgehead atoms. The smallest absolute Gasteiger partial charge is 0.404 e. The number of carbonyl (C=O) groups excluding carboxylic acids is 1. The summed E-state index contributed by atoms with van der Waals surface area (Å²) in [6.45, 7) is 1.62. The maximum atomic E-state index is 10.8. The van der Waals surface area contributed by atoms with Gasteiger partial charge in [-0.3, -0.25) is 0 Å². The standard InChI is InChI=1S/C9H12Cl2N2O4S/c1-4(17-9(12)14)5(16-3-15-2)6-7(10)13-8(11)18-6/h4-5H,3H2,1-2H3,(H2,12,14)/t4-,5+/m0/s1. The number of rotatable bonds is 6. The predicted molar refractivity (Wildman–Crippen MR) is 68.0 cm³/mol. The van der Waals surface area contributed by atoms with Gasteiger partial charge >= 0.3 is 6.09 Å². The van der Waals surface area contributed by atoms with E-state index >= 15 is 0 Å². The number of hydrogen-bond donors (Lipinski definition) is 1. The molecule has 102 valence electrons. The maximum absolute atomic E-state index is 10.8. The van der Waals surface area contributed by atoms with E-state index in [-0.39, 0.29) is 16.4 Å². The van der Waals surface area contributed by atoms with Crippen LogP contribution < -0.4 is 5.73 Å². The predicted octanol–water partition coefficient (Wildman–Crippen LogP) is 2.60. The molecule has 0 unspecified atom stereocenters. The quantitative estimate of drug-likeness (QED) is 0.816. The van der Waals surface area contributed by atoms with Crippen molar-refractivity contribution in [3.05, 3.63) is 14.5 Å². The highest BCUT2D eigenvalue weighted by Gasteiger charge is 2.28. The van der Waals surface area contributed by atoms with Crippen molar-refractivity contribution in [1.29, 1.82) is 0 Å². The van der Waals surface area contributed by atoms with Gasteiger partial charge in [-0.05, 0) is 6.92 Å². The molecule has 1 amide bonds. The van der Waals surface area contributed by atoms with E-state index < -0.39 is 18.3 Å². The molecule has 0 radical (unpaired) electrons. The highest BCUT2D eigenvalue weighted by molar-refractivity contribution is 7.16. The Balaban J connectivity index is 2.89. The Morgan fingerprint density at radius 2 is 2.22 bits per heavy atom. The van der Waals surface area contributed by atoms with E-state index in [4.69, 9.17) is 43.1 Å². The number of amides is 1. The molecule has 6 nitrogen and oxygen atoms in total. The fourth-order valence-corrected chi connectivity index (χ4v) is 2.83. The van der Waals surface area contributed by atoms with E-state index in [9.17, 15) is 4.79 Å². The second-order valence-corrected chi connectivity index (χ2v) is 5.23. The Bertz CT molecular complexity index is 415. The van der Waals surface area contributed by atoms with E-state index in [2.05, 4.69) is 4.98 Å². The Hall–Kier alpha value is -0.600. The van der Waals surface area contributed by atoms with Gasteiger partial charge in [0.15, 0.2) is 4.47 Å². The Labute approximate surface area is 118 Å². The van der Waals surface area contributed by atoms with Crippen LogP contribution in [0.2, 0.25) is 9.62 Å². The lowest BCUT2D eigenvalue weighted by molar-refractivity contribution is -0.110. The third-order valence-corrected chi connectivity index (χ3v) is 3.56. The minimum atomic E-state index is -0.903. The molecule has 1 aromatic rings. The van der Waals surface area contributed by atoms with Gasteiger partial charge in [0, 0.05) is 7.11 Å². The normalized spacial score (nSPS) is 14.2. The third-order valence-electron chi connectivity index (χ3n) is 1.94. The molecule has 0 spiro atoms. The van der Waals surface area contributed by atoms with Gasteiger partial charge in [-0.25, -0.2) is 9.78 Å². The number of aromatic nitrogens is 1. The molecule has 0 saturated heterocycles. The molecule has 0 aliphatic carbocycles. The molecule has 18 heavy (non-hydrogen) atoms. The van der Waals surface area contributed by atoms with Crippen LogP contribution in [0.25, 0.3) is 0 Å². The molecule has 2 atom stereocenters. The summed E-state index contributed by atoms with van der Waals surface area (Å²) in [5.74, 6) is 0. The first kappa shape index (κ1) is 15.5. The van der Waals surface area contributed by atoms with Crippen LogP contribution in [0, 0.1) is 0 Å². The van der Waals surface area contributed by atoms with E-state index in [1.807, 2.05) is 0 Å². The lowest BCUT2D eigenvalue weighted by Crippen LogP contribution is -2.27. The number of hydrogen-bond acceptors (Lipinski definition) is 6. The van der Waals surface area contributed by atoms with Crippen molar-refractivity contribution in [3.63, 3.8) is 0 Å². The second-order valence-electron chi connectivity index (χ2n) is 3.26. The average Bonchev–Trinajstić information content (AvgIpc) is 2.57. The maximum Gasteiger partial charge on any atom is 0.404 e. The van der Waals surface area contributed by atoms with Crippen LogP contribution in [0.3, 0.4) is 0 Å². The first-order valence-corrected chi connectivity index (χ1v) is 6.41. The number of carbonyl (C=O) groups is 1.